The molecule has 2 aromatic rings. The van der Waals surface area contributed by atoms with Gasteiger partial charge in [0.15, 0.2) is 0 Å². The molecular formula is C15H13BrN2O. The van der Waals surface area contributed by atoms with Crippen LogP contribution in [0.5, 0.6) is 0 Å². The average molecular weight is 317 g/mol. The Kier molecular flexibility index (Phi) is 3.03. The van der Waals surface area contributed by atoms with E-state index in [0.29, 0.717) is 0 Å². The van der Waals surface area contributed by atoms with Crippen LogP contribution >= 0.6 is 15.9 Å². The van der Waals surface area contributed by atoms with Crippen LogP contribution < -0.4 is 10.5 Å². The highest BCUT2D eigenvalue weighted by Gasteiger charge is 2.09. The molecule has 2 heterocycles. The van der Waals surface area contributed by atoms with E-state index >= 15 is 0 Å². The molecule has 0 spiro atoms. The number of aromatic amines is 1. The van der Waals surface area contributed by atoms with Crippen molar-refractivity contribution in [1.82, 2.24) is 4.98 Å². The average Bonchev–Trinajstić information content (AvgIpc) is 2.38. The minimum Gasteiger partial charge on any atom is -0.343 e. The van der Waals surface area contributed by atoms with Crippen molar-refractivity contribution < 1.29 is 0 Å². The minimum atomic E-state index is -0.0544. The molecule has 0 atom stereocenters. The molecule has 3 rings (SSSR count). The summed E-state index contributed by atoms with van der Waals surface area (Å²) in [6.07, 6.45) is 6.10. The Morgan fingerprint density at radius 3 is 2.95 bits per heavy atom. The zero-order chi connectivity index (χ0) is 13.4. The fourth-order valence-corrected chi connectivity index (χ4v) is 2.71. The molecule has 0 bridgehead atoms. The Hall–Kier alpha value is -1.81. The highest BCUT2D eigenvalue weighted by atomic mass is 79.9. The number of nitrogens with zero attached hydrogens (tertiary/aromatic N) is 1. The Labute approximate surface area is 119 Å². The Bertz CT molecular complexity index is 758. The molecular weight excluding hydrogens is 304 g/mol. The summed E-state index contributed by atoms with van der Waals surface area (Å²) in [6, 6.07) is 7.72. The van der Waals surface area contributed by atoms with Crippen LogP contribution in [0.2, 0.25) is 0 Å². The van der Waals surface area contributed by atoms with Crippen LogP contribution in [0.15, 0.2) is 51.9 Å². The fourth-order valence-electron chi connectivity index (χ4n) is 2.29. The van der Waals surface area contributed by atoms with Crippen molar-refractivity contribution in [3.8, 4) is 0 Å². The van der Waals surface area contributed by atoms with Gasteiger partial charge in [-0.3, -0.25) is 4.79 Å². The highest BCUT2D eigenvalue weighted by molar-refractivity contribution is 9.11. The van der Waals surface area contributed by atoms with E-state index in [9.17, 15) is 4.79 Å². The summed E-state index contributed by atoms with van der Waals surface area (Å²) in [5, 5.41) is 1.08. The smallest absolute Gasteiger partial charge is 0.248 e. The topological polar surface area (TPSA) is 36.1 Å². The van der Waals surface area contributed by atoms with Crippen LogP contribution in [-0.2, 0) is 0 Å². The van der Waals surface area contributed by atoms with Gasteiger partial charge in [-0.2, -0.15) is 0 Å². The van der Waals surface area contributed by atoms with E-state index in [2.05, 4.69) is 31.9 Å². The van der Waals surface area contributed by atoms with E-state index in [-0.39, 0.29) is 5.56 Å². The molecule has 96 valence electrons. The summed E-state index contributed by atoms with van der Waals surface area (Å²) in [5.41, 5.74) is 2.94. The number of aromatic nitrogens is 1. The van der Waals surface area contributed by atoms with Gasteiger partial charge in [0, 0.05) is 33.3 Å². The predicted octanol–water partition coefficient (Wildman–Crippen LogP) is 3.45. The summed E-state index contributed by atoms with van der Waals surface area (Å²) in [7, 11) is 0. The van der Waals surface area contributed by atoms with Crippen molar-refractivity contribution in [2.24, 2.45) is 0 Å². The van der Waals surface area contributed by atoms with Crippen molar-refractivity contribution in [2.75, 3.05) is 11.4 Å². The summed E-state index contributed by atoms with van der Waals surface area (Å²) >= 11 is 3.52. The monoisotopic (exact) mass is 316 g/mol. The molecule has 0 aliphatic carbocycles. The van der Waals surface area contributed by atoms with Crippen molar-refractivity contribution in [3.05, 3.63) is 63.0 Å². The molecule has 0 radical (unpaired) electrons. The van der Waals surface area contributed by atoms with Gasteiger partial charge >= 0.3 is 0 Å². The van der Waals surface area contributed by atoms with E-state index in [0.717, 1.165) is 33.2 Å². The lowest BCUT2D eigenvalue weighted by atomic mass is 10.1. The number of anilines is 1. The molecule has 0 fully saturated rings. The van der Waals surface area contributed by atoms with Gasteiger partial charge < -0.3 is 9.88 Å². The van der Waals surface area contributed by atoms with Crippen LogP contribution in [0.25, 0.3) is 10.9 Å². The standard InChI is InChI=1S/C15H13BrN2O/c1-10-7-15(19)17-14-5-4-12(8-13(10)14)18-6-2-3-11(16)9-18/h2-8H,9H2,1H3,(H,17,19). The number of aryl methyl sites for hydroxylation is 1. The lowest BCUT2D eigenvalue weighted by molar-refractivity contribution is 1.07. The summed E-state index contributed by atoms with van der Waals surface area (Å²) in [5.74, 6) is 0. The fraction of sp³-hybridized carbons (Fsp3) is 0.133. The first kappa shape index (κ1) is 12.2. The quantitative estimate of drug-likeness (QED) is 0.874. The third-order valence-corrected chi connectivity index (χ3v) is 3.74. The second-order valence-electron chi connectivity index (χ2n) is 4.63. The van der Waals surface area contributed by atoms with E-state index < -0.39 is 0 Å². The molecule has 0 saturated carbocycles. The first-order valence-corrected chi connectivity index (χ1v) is 6.86. The van der Waals surface area contributed by atoms with Gasteiger partial charge in [-0.25, -0.2) is 0 Å². The maximum absolute atomic E-state index is 11.4. The van der Waals surface area contributed by atoms with Gasteiger partial charge in [-0.15, -0.1) is 0 Å². The molecule has 0 amide bonds. The largest absolute Gasteiger partial charge is 0.343 e. The molecule has 1 aliphatic rings. The zero-order valence-corrected chi connectivity index (χ0v) is 12.1. The number of pyridine rings is 1. The van der Waals surface area contributed by atoms with Gasteiger partial charge in [0.25, 0.3) is 0 Å². The first-order chi connectivity index (χ1) is 9.13. The molecule has 0 unspecified atom stereocenters. The van der Waals surface area contributed by atoms with Crippen LogP contribution in [0.1, 0.15) is 5.56 Å². The van der Waals surface area contributed by atoms with Crippen LogP contribution in [-0.4, -0.2) is 11.5 Å². The number of benzene rings is 1. The molecule has 1 aromatic heterocycles. The van der Waals surface area contributed by atoms with Crippen LogP contribution in [0.4, 0.5) is 5.69 Å². The van der Waals surface area contributed by atoms with Crippen LogP contribution in [0.3, 0.4) is 0 Å². The lowest BCUT2D eigenvalue weighted by Crippen LogP contribution is -2.19. The predicted molar refractivity (Wildman–Crippen MR) is 82.8 cm³/mol. The number of allylic oxidation sites excluding steroid dienone is 2. The van der Waals surface area contributed by atoms with E-state index in [4.69, 9.17) is 0 Å². The third-order valence-electron chi connectivity index (χ3n) is 3.23. The molecule has 3 nitrogen and oxygen atoms in total. The second-order valence-corrected chi connectivity index (χ2v) is 5.65. The number of hydrogen-bond donors (Lipinski definition) is 1. The molecule has 1 aromatic carbocycles. The number of halogens is 1. The van der Waals surface area contributed by atoms with E-state index in [1.165, 1.54) is 0 Å². The number of fused-ring (bicyclic) bond motifs is 1. The second kappa shape index (κ2) is 4.70. The number of H-pyrrole nitrogens is 1. The van der Waals surface area contributed by atoms with Gasteiger partial charge in [-0.05, 0) is 42.8 Å². The van der Waals surface area contributed by atoms with Gasteiger partial charge in [0.1, 0.15) is 0 Å². The third kappa shape index (κ3) is 2.36. The molecule has 0 saturated heterocycles. The van der Waals surface area contributed by atoms with Crippen LogP contribution in [0, 0.1) is 6.92 Å². The van der Waals surface area contributed by atoms with Crippen molar-refractivity contribution in [1.29, 1.82) is 0 Å². The van der Waals surface area contributed by atoms with Crippen molar-refractivity contribution >= 4 is 32.5 Å². The summed E-state index contributed by atoms with van der Waals surface area (Å²) in [6.45, 7) is 2.79. The van der Waals surface area contributed by atoms with E-state index in [1.54, 1.807) is 6.07 Å². The lowest BCUT2D eigenvalue weighted by Gasteiger charge is -2.23. The van der Waals surface area contributed by atoms with Gasteiger partial charge in [0.2, 0.25) is 5.56 Å². The van der Waals surface area contributed by atoms with E-state index in [1.807, 2.05) is 37.4 Å². The normalized spacial score (nSPS) is 14.8. The molecule has 1 N–H and O–H groups in total. The number of nitrogens with one attached hydrogen (secondary N) is 1. The van der Waals surface area contributed by atoms with Gasteiger partial charge in [-0.1, -0.05) is 15.9 Å². The van der Waals surface area contributed by atoms with Gasteiger partial charge in [0.05, 0.1) is 6.54 Å². The summed E-state index contributed by atoms with van der Waals surface area (Å²) < 4.78 is 1.15. The SMILES string of the molecule is Cc1cc(=O)[nH]c2ccc(N3C=CC=C(Br)C3)cc12. The van der Waals surface area contributed by atoms with Crippen molar-refractivity contribution in [2.45, 2.75) is 6.92 Å². The minimum absolute atomic E-state index is 0.0544. The molecule has 19 heavy (non-hydrogen) atoms. The molecule has 1 aliphatic heterocycles. The van der Waals surface area contributed by atoms with Crippen molar-refractivity contribution in [3.63, 3.8) is 0 Å². The first-order valence-electron chi connectivity index (χ1n) is 6.07. The number of hydrogen-bond acceptors (Lipinski definition) is 2. The highest BCUT2D eigenvalue weighted by Crippen LogP contribution is 2.25. The maximum atomic E-state index is 11.4. The Morgan fingerprint density at radius 1 is 1.32 bits per heavy atom. The Morgan fingerprint density at radius 2 is 2.16 bits per heavy atom. The zero-order valence-electron chi connectivity index (χ0n) is 10.5. The Balaban J connectivity index is 2.10. The molecule has 4 heteroatoms. The summed E-state index contributed by atoms with van der Waals surface area (Å²) in [4.78, 5) is 16.5. The maximum Gasteiger partial charge on any atom is 0.248 e. The number of rotatable bonds is 1.